The number of amidine groups is 1. The second kappa shape index (κ2) is 8.16. The number of carboxylic acids is 1. The number of halogens is 1. The van der Waals surface area contributed by atoms with Gasteiger partial charge in [0.2, 0.25) is 5.91 Å². The van der Waals surface area contributed by atoms with E-state index >= 15 is 0 Å². The predicted octanol–water partition coefficient (Wildman–Crippen LogP) is 3.65. The SMILES string of the molecule is O=C(O)C[C@H]1S/C(=N/N=C\c2ccccc2Cl)N(c2ccccc2)C1=O. The number of hydrogen-bond acceptors (Lipinski definition) is 5. The van der Waals surface area contributed by atoms with Crippen LogP contribution in [-0.2, 0) is 9.59 Å². The Kier molecular flexibility index (Phi) is 5.70. The molecular weight excluding hydrogens is 374 g/mol. The van der Waals surface area contributed by atoms with Crippen molar-refractivity contribution in [3.63, 3.8) is 0 Å². The van der Waals surface area contributed by atoms with Crippen molar-refractivity contribution in [2.24, 2.45) is 10.2 Å². The van der Waals surface area contributed by atoms with Gasteiger partial charge in [-0.2, -0.15) is 5.10 Å². The molecule has 0 saturated carbocycles. The Balaban J connectivity index is 1.90. The van der Waals surface area contributed by atoms with E-state index in [-0.39, 0.29) is 12.3 Å². The molecule has 6 nitrogen and oxygen atoms in total. The molecule has 1 aliphatic rings. The fourth-order valence-electron chi connectivity index (χ4n) is 2.36. The quantitative estimate of drug-likeness (QED) is 0.627. The second-order valence-electron chi connectivity index (χ2n) is 5.36. The van der Waals surface area contributed by atoms with Gasteiger partial charge in [-0.3, -0.25) is 14.5 Å². The summed E-state index contributed by atoms with van der Waals surface area (Å²) in [7, 11) is 0. The molecule has 26 heavy (non-hydrogen) atoms. The highest BCUT2D eigenvalue weighted by molar-refractivity contribution is 8.16. The number of aliphatic carboxylic acids is 1. The van der Waals surface area contributed by atoms with Gasteiger partial charge < -0.3 is 5.11 Å². The van der Waals surface area contributed by atoms with E-state index in [1.54, 1.807) is 36.4 Å². The van der Waals surface area contributed by atoms with Crippen molar-refractivity contribution in [1.82, 2.24) is 0 Å². The summed E-state index contributed by atoms with van der Waals surface area (Å²) in [4.78, 5) is 25.0. The maximum absolute atomic E-state index is 12.6. The average molecular weight is 388 g/mol. The van der Waals surface area contributed by atoms with Gasteiger partial charge in [0.25, 0.3) is 0 Å². The highest BCUT2D eigenvalue weighted by Crippen LogP contribution is 2.33. The molecule has 1 amide bonds. The number of carboxylic acid groups (broad SMARTS) is 1. The molecule has 1 atom stereocenters. The van der Waals surface area contributed by atoms with E-state index in [1.807, 2.05) is 18.2 Å². The van der Waals surface area contributed by atoms with Crippen LogP contribution in [0.4, 0.5) is 5.69 Å². The molecule has 3 rings (SSSR count). The fraction of sp³-hybridized carbons (Fsp3) is 0.111. The lowest BCUT2D eigenvalue weighted by molar-refractivity contribution is -0.138. The van der Waals surface area contributed by atoms with E-state index in [0.29, 0.717) is 21.4 Å². The van der Waals surface area contributed by atoms with Gasteiger partial charge in [0, 0.05) is 10.6 Å². The molecule has 8 heteroatoms. The van der Waals surface area contributed by atoms with E-state index in [9.17, 15) is 9.59 Å². The zero-order valence-electron chi connectivity index (χ0n) is 13.4. The molecule has 1 fully saturated rings. The number of thioether (sulfide) groups is 1. The van der Waals surface area contributed by atoms with E-state index in [2.05, 4.69) is 10.2 Å². The number of para-hydroxylation sites is 1. The topological polar surface area (TPSA) is 82.3 Å². The number of carbonyl (C=O) groups is 2. The largest absolute Gasteiger partial charge is 0.481 e. The number of benzene rings is 2. The first-order valence-electron chi connectivity index (χ1n) is 7.69. The van der Waals surface area contributed by atoms with Crippen molar-refractivity contribution in [1.29, 1.82) is 0 Å². The van der Waals surface area contributed by atoms with E-state index in [4.69, 9.17) is 16.7 Å². The number of carbonyl (C=O) groups excluding carboxylic acids is 1. The summed E-state index contributed by atoms with van der Waals surface area (Å²) in [5.74, 6) is -1.36. The van der Waals surface area contributed by atoms with Crippen molar-refractivity contribution in [3.05, 3.63) is 65.2 Å². The van der Waals surface area contributed by atoms with Crippen molar-refractivity contribution >= 4 is 52.3 Å². The lowest BCUT2D eigenvalue weighted by Gasteiger charge is -2.15. The third-order valence-electron chi connectivity index (χ3n) is 3.55. The van der Waals surface area contributed by atoms with Crippen LogP contribution in [0.5, 0.6) is 0 Å². The Hall–Kier alpha value is -2.64. The molecule has 0 spiro atoms. The minimum atomic E-state index is -1.04. The van der Waals surface area contributed by atoms with Crippen LogP contribution in [0.2, 0.25) is 5.02 Å². The van der Waals surface area contributed by atoms with Crippen LogP contribution in [-0.4, -0.2) is 33.6 Å². The lowest BCUT2D eigenvalue weighted by Crippen LogP contribution is -2.32. The van der Waals surface area contributed by atoms with Crippen molar-refractivity contribution < 1.29 is 14.7 Å². The van der Waals surface area contributed by atoms with Crippen molar-refractivity contribution in [2.75, 3.05) is 4.90 Å². The third kappa shape index (κ3) is 4.12. The van der Waals surface area contributed by atoms with Crippen LogP contribution in [0.25, 0.3) is 0 Å². The molecule has 0 aromatic heterocycles. The maximum Gasteiger partial charge on any atom is 0.305 e. The molecule has 1 saturated heterocycles. The Morgan fingerprint density at radius 1 is 1.19 bits per heavy atom. The van der Waals surface area contributed by atoms with Crippen LogP contribution in [0.3, 0.4) is 0 Å². The number of hydrogen-bond donors (Lipinski definition) is 1. The van der Waals surface area contributed by atoms with Gasteiger partial charge in [0.15, 0.2) is 5.17 Å². The third-order valence-corrected chi connectivity index (χ3v) is 5.03. The Labute approximate surface area is 159 Å². The number of rotatable bonds is 5. The molecule has 1 aliphatic heterocycles. The molecule has 2 aromatic carbocycles. The standard InChI is InChI=1S/C18H14ClN3O3S/c19-14-9-5-4-6-12(14)11-20-21-18-22(13-7-2-1-3-8-13)17(25)15(26-18)10-16(23)24/h1-9,11,15H,10H2,(H,23,24)/b20-11-,21-18+/t15-/m1/s1. The summed E-state index contributed by atoms with van der Waals surface area (Å²) >= 11 is 7.16. The first-order valence-corrected chi connectivity index (χ1v) is 8.95. The van der Waals surface area contributed by atoms with Gasteiger partial charge >= 0.3 is 5.97 Å². The van der Waals surface area contributed by atoms with Crippen molar-refractivity contribution in [3.8, 4) is 0 Å². The minimum Gasteiger partial charge on any atom is -0.481 e. The first kappa shape index (κ1) is 18.2. The van der Waals surface area contributed by atoms with Gasteiger partial charge in [-0.1, -0.05) is 59.8 Å². The second-order valence-corrected chi connectivity index (χ2v) is 6.94. The summed E-state index contributed by atoms with van der Waals surface area (Å²) in [6.07, 6.45) is 1.22. The average Bonchev–Trinajstić information content (AvgIpc) is 2.92. The van der Waals surface area contributed by atoms with E-state index < -0.39 is 11.2 Å². The van der Waals surface area contributed by atoms with Crippen molar-refractivity contribution in [2.45, 2.75) is 11.7 Å². The van der Waals surface area contributed by atoms with Crippen LogP contribution in [0, 0.1) is 0 Å². The number of nitrogens with zero attached hydrogens (tertiary/aromatic N) is 3. The molecule has 1 heterocycles. The number of amides is 1. The van der Waals surface area contributed by atoms with Gasteiger partial charge in [-0.25, -0.2) is 0 Å². The lowest BCUT2D eigenvalue weighted by atomic mass is 10.2. The summed E-state index contributed by atoms with van der Waals surface area (Å²) in [6, 6.07) is 16.1. The Morgan fingerprint density at radius 3 is 2.58 bits per heavy atom. The van der Waals surface area contributed by atoms with Gasteiger partial charge in [-0.15, -0.1) is 5.10 Å². The molecule has 132 valence electrons. The van der Waals surface area contributed by atoms with Gasteiger partial charge in [0.05, 0.1) is 18.3 Å². The molecule has 1 N–H and O–H groups in total. The summed E-state index contributed by atoms with van der Waals surface area (Å²) in [6.45, 7) is 0. The Morgan fingerprint density at radius 2 is 1.88 bits per heavy atom. The molecule has 0 bridgehead atoms. The van der Waals surface area contributed by atoms with E-state index in [0.717, 1.165) is 11.8 Å². The highest BCUT2D eigenvalue weighted by Gasteiger charge is 2.40. The van der Waals surface area contributed by atoms with Crippen LogP contribution >= 0.6 is 23.4 Å². The molecule has 0 radical (unpaired) electrons. The van der Waals surface area contributed by atoms with Gasteiger partial charge in [0.1, 0.15) is 5.25 Å². The minimum absolute atomic E-state index is 0.278. The number of anilines is 1. The highest BCUT2D eigenvalue weighted by atomic mass is 35.5. The van der Waals surface area contributed by atoms with E-state index in [1.165, 1.54) is 11.1 Å². The smallest absolute Gasteiger partial charge is 0.305 e. The summed E-state index contributed by atoms with van der Waals surface area (Å²) in [5, 5.41) is 17.3. The van der Waals surface area contributed by atoms with Crippen LogP contribution in [0.15, 0.2) is 64.8 Å². The van der Waals surface area contributed by atoms with Crippen LogP contribution < -0.4 is 4.90 Å². The molecule has 0 unspecified atom stereocenters. The summed E-state index contributed by atoms with van der Waals surface area (Å²) in [5.41, 5.74) is 1.31. The molecule has 0 aliphatic carbocycles. The normalized spacial score (nSPS) is 18.8. The zero-order chi connectivity index (χ0) is 18.5. The Bertz CT molecular complexity index is 886. The predicted molar refractivity (Wildman–Crippen MR) is 104 cm³/mol. The molecule has 2 aromatic rings. The molecular formula is C18H14ClN3O3S. The maximum atomic E-state index is 12.6. The van der Waals surface area contributed by atoms with Gasteiger partial charge in [-0.05, 0) is 18.2 Å². The summed E-state index contributed by atoms with van der Waals surface area (Å²) < 4.78 is 0. The van der Waals surface area contributed by atoms with Crippen LogP contribution in [0.1, 0.15) is 12.0 Å². The first-order chi connectivity index (χ1) is 12.6. The zero-order valence-corrected chi connectivity index (χ0v) is 15.0. The fourth-order valence-corrected chi connectivity index (χ4v) is 3.63. The monoisotopic (exact) mass is 387 g/mol.